The van der Waals surface area contributed by atoms with Crippen molar-refractivity contribution in [2.24, 2.45) is 0 Å². The third-order valence-electron chi connectivity index (χ3n) is 1.57. The lowest BCUT2D eigenvalue weighted by Crippen LogP contribution is -2.06. The highest BCUT2D eigenvalue weighted by atomic mass is 32.2. The predicted octanol–water partition coefficient (Wildman–Crippen LogP) is 1.98. The first-order chi connectivity index (χ1) is 7.19. The normalized spacial score (nSPS) is 9.67. The summed E-state index contributed by atoms with van der Waals surface area (Å²) < 4.78 is 9.62. The molecule has 0 N–H and O–H groups in total. The summed E-state index contributed by atoms with van der Waals surface area (Å²) in [7, 11) is 0. The molecule has 0 radical (unpaired) electrons. The maximum Gasteiger partial charge on any atom is 0.316 e. The maximum absolute atomic E-state index is 11.1. The summed E-state index contributed by atoms with van der Waals surface area (Å²) in [6.07, 6.45) is 0. The highest BCUT2D eigenvalue weighted by Gasteiger charge is 2.12. The molecular formula is C9H10N2O2S2. The van der Waals surface area contributed by atoms with E-state index < -0.39 is 0 Å². The Kier molecular flexibility index (Phi) is 4.59. The molecule has 1 heterocycles. The molecule has 0 aliphatic heterocycles. The monoisotopic (exact) mass is 242 g/mol. The predicted molar refractivity (Wildman–Crippen MR) is 58.9 cm³/mol. The van der Waals surface area contributed by atoms with Gasteiger partial charge in [0.25, 0.3) is 0 Å². The average molecular weight is 242 g/mol. The Bertz CT molecular complexity index is 395. The number of hydrogen-bond donors (Lipinski definition) is 0. The standard InChI is InChI=1S/C9H10N2O2S2/c1-3-13-8(12)5-14-9-7(4-10)6(2)11-15-9/h3,5H2,1-2H3. The van der Waals surface area contributed by atoms with Crippen LogP contribution in [0.4, 0.5) is 0 Å². The van der Waals surface area contributed by atoms with Crippen LogP contribution < -0.4 is 0 Å². The van der Waals surface area contributed by atoms with Crippen LogP contribution in [-0.4, -0.2) is 22.7 Å². The Balaban J connectivity index is 2.58. The minimum absolute atomic E-state index is 0.226. The van der Waals surface area contributed by atoms with Gasteiger partial charge in [0.05, 0.1) is 27.8 Å². The van der Waals surface area contributed by atoms with Crippen molar-refractivity contribution in [3.05, 3.63) is 11.3 Å². The maximum atomic E-state index is 11.1. The fourth-order valence-corrected chi connectivity index (χ4v) is 2.67. The zero-order valence-corrected chi connectivity index (χ0v) is 10.1. The van der Waals surface area contributed by atoms with Crippen LogP contribution in [0.3, 0.4) is 0 Å². The van der Waals surface area contributed by atoms with Gasteiger partial charge in [-0.05, 0) is 25.4 Å². The molecule has 0 unspecified atom stereocenters. The summed E-state index contributed by atoms with van der Waals surface area (Å²) in [5.74, 6) is -0.0399. The van der Waals surface area contributed by atoms with E-state index in [9.17, 15) is 4.79 Å². The van der Waals surface area contributed by atoms with Gasteiger partial charge in [-0.15, -0.1) is 11.8 Å². The molecule has 0 saturated carbocycles. The van der Waals surface area contributed by atoms with Gasteiger partial charge in [-0.3, -0.25) is 4.79 Å². The zero-order chi connectivity index (χ0) is 11.3. The molecule has 0 bridgehead atoms. The largest absolute Gasteiger partial charge is 0.465 e. The van der Waals surface area contributed by atoms with Crippen molar-refractivity contribution in [2.75, 3.05) is 12.4 Å². The number of ether oxygens (including phenoxy) is 1. The lowest BCUT2D eigenvalue weighted by atomic mass is 10.3. The van der Waals surface area contributed by atoms with Crippen LogP contribution in [0.15, 0.2) is 4.21 Å². The molecule has 0 aliphatic carbocycles. The number of aromatic nitrogens is 1. The lowest BCUT2D eigenvalue weighted by Gasteiger charge is -1.99. The van der Waals surface area contributed by atoms with Crippen LogP contribution in [0.2, 0.25) is 0 Å². The Labute approximate surface area is 96.4 Å². The SMILES string of the molecule is CCOC(=O)CSc1snc(C)c1C#N. The highest BCUT2D eigenvalue weighted by molar-refractivity contribution is 8.01. The first kappa shape index (κ1) is 12.0. The van der Waals surface area contributed by atoms with E-state index in [-0.39, 0.29) is 11.7 Å². The number of rotatable bonds is 4. The molecule has 1 aromatic heterocycles. The number of nitriles is 1. The van der Waals surface area contributed by atoms with Crippen molar-refractivity contribution >= 4 is 29.3 Å². The second-order valence-corrected chi connectivity index (χ2v) is 4.65. The minimum Gasteiger partial charge on any atom is -0.465 e. The Morgan fingerprint density at radius 3 is 3.07 bits per heavy atom. The van der Waals surface area contributed by atoms with E-state index in [1.165, 1.54) is 23.3 Å². The van der Waals surface area contributed by atoms with E-state index in [1.54, 1.807) is 13.8 Å². The van der Waals surface area contributed by atoms with Gasteiger partial charge in [0.15, 0.2) is 0 Å². The van der Waals surface area contributed by atoms with Gasteiger partial charge < -0.3 is 4.74 Å². The number of thioether (sulfide) groups is 1. The van der Waals surface area contributed by atoms with Gasteiger partial charge in [0, 0.05) is 0 Å². The van der Waals surface area contributed by atoms with Crippen molar-refractivity contribution in [1.82, 2.24) is 4.37 Å². The van der Waals surface area contributed by atoms with E-state index in [0.29, 0.717) is 17.9 Å². The van der Waals surface area contributed by atoms with Crippen LogP contribution >= 0.6 is 23.3 Å². The third kappa shape index (κ3) is 3.22. The smallest absolute Gasteiger partial charge is 0.316 e. The third-order valence-corrected chi connectivity index (χ3v) is 3.73. The van der Waals surface area contributed by atoms with Crippen molar-refractivity contribution in [3.63, 3.8) is 0 Å². The van der Waals surface area contributed by atoms with Gasteiger partial charge in [-0.2, -0.15) is 9.64 Å². The first-order valence-electron chi connectivity index (χ1n) is 4.33. The van der Waals surface area contributed by atoms with Crippen LogP contribution in [0.5, 0.6) is 0 Å². The van der Waals surface area contributed by atoms with E-state index in [1.807, 2.05) is 0 Å². The lowest BCUT2D eigenvalue weighted by molar-refractivity contribution is -0.139. The average Bonchev–Trinajstić information content (AvgIpc) is 2.56. The molecular weight excluding hydrogens is 232 g/mol. The molecule has 0 spiro atoms. The van der Waals surface area contributed by atoms with Crippen molar-refractivity contribution in [1.29, 1.82) is 5.26 Å². The molecule has 1 aromatic rings. The molecule has 6 heteroatoms. The number of nitrogens with zero attached hydrogens (tertiary/aromatic N) is 2. The molecule has 0 saturated heterocycles. The van der Waals surface area contributed by atoms with Gasteiger partial charge in [0.2, 0.25) is 0 Å². The minimum atomic E-state index is -0.266. The topological polar surface area (TPSA) is 63.0 Å². The number of hydrogen-bond acceptors (Lipinski definition) is 6. The number of aryl methyl sites for hydroxylation is 1. The molecule has 80 valence electrons. The van der Waals surface area contributed by atoms with Gasteiger partial charge >= 0.3 is 5.97 Å². The fourth-order valence-electron chi connectivity index (χ4n) is 0.901. The summed E-state index contributed by atoms with van der Waals surface area (Å²) in [5.41, 5.74) is 1.28. The summed E-state index contributed by atoms with van der Waals surface area (Å²) >= 11 is 2.54. The van der Waals surface area contributed by atoms with Crippen LogP contribution in [0.1, 0.15) is 18.2 Å². The number of carbonyl (C=O) groups excluding carboxylic acids is 1. The van der Waals surface area contributed by atoms with Gasteiger partial charge in [-0.25, -0.2) is 0 Å². The Hall–Kier alpha value is -1.06. The molecule has 0 atom stereocenters. The first-order valence-corrected chi connectivity index (χ1v) is 6.09. The van der Waals surface area contributed by atoms with E-state index in [4.69, 9.17) is 10.00 Å². The molecule has 4 nitrogen and oxygen atoms in total. The van der Waals surface area contributed by atoms with E-state index in [0.717, 1.165) is 4.21 Å². The number of esters is 1. The quantitative estimate of drug-likeness (QED) is 0.596. The second-order valence-electron chi connectivity index (χ2n) is 2.64. The summed E-state index contributed by atoms with van der Waals surface area (Å²) in [4.78, 5) is 11.1. The zero-order valence-electron chi connectivity index (χ0n) is 8.44. The van der Waals surface area contributed by atoms with Crippen molar-refractivity contribution in [3.8, 4) is 6.07 Å². The van der Waals surface area contributed by atoms with Crippen LogP contribution in [-0.2, 0) is 9.53 Å². The molecule has 15 heavy (non-hydrogen) atoms. The summed E-state index contributed by atoms with van der Waals surface area (Å²) in [6, 6.07) is 2.07. The summed E-state index contributed by atoms with van der Waals surface area (Å²) in [6.45, 7) is 3.93. The van der Waals surface area contributed by atoms with Crippen molar-refractivity contribution < 1.29 is 9.53 Å². The second kappa shape index (κ2) is 5.73. The molecule has 0 aliphatic rings. The highest BCUT2D eigenvalue weighted by Crippen LogP contribution is 2.28. The van der Waals surface area contributed by atoms with E-state index >= 15 is 0 Å². The van der Waals surface area contributed by atoms with Crippen LogP contribution in [0, 0.1) is 18.3 Å². The Morgan fingerprint density at radius 2 is 2.47 bits per heavy atom. The fraction of sp³-hybridized carbons (Fsp3) is 0.444. The molecule has 0 aromatic carbocycles. The van der Waals surface area contributed by atoms with E-state index in [2.05, 4.69) is 10.4 Å². The van der Waals surface area contributed by atoms with Gasteiger partial charge in [-0.1, -0.05) is 0 Å². The van der Waals surface area contributed by atoms with Gasteiger partial charge in [0.1, 0.15) is 6.07 Å². The van der Waals surface area contributed by atoms with Crippen molar-refractivity contribution in [2.45, 2.75) is 18.1 Å². The summed E-state index contributed by atoms with van der Waals surface area (Å²) in [5, 5.41) is 8.84. The Morgan fingerprint density at radius 1 is 1.73 bits per heavy atom. The van der Waals surface area contributed by atoms with Crippen LogP contribution in [0.25, 0.3) is 0 Å². The molecule has 0 fully saturated rings. The molecule has 0 amide bonds. The number of carbonyl (C=O) groups is 1. The molecule has 1 rings (SSSR count).